The summed E-state index contributed by atoms with van der Waals surface area (Å²) in [5, 5.41) is 3.20. The second kappa shape index (κ2) is 6.14. The molecule has 23 heavy (non-hydrogen) atoms. The van der Waals surface area contributed by atoms with E-state index in [9.17, 15) is 16.8 Å². The molecule has 0 radical (unpaired) electrons. The van der Waals surface area contributed by atoms with E-state index in [0.29, 0.717) is 6.54 Å². The summed E-state index contributed by atoms with van der Waals surface area (Å²) in [7, 11) is -5.86. The fourth-order valence-electron chi connectivity index (χ4n) is 2.91. The highest BCUT2D eigenvalue weighted by Gasteiger charge is 2.43. The van der Waals surface area contributed by atoms with Crippen LogP contribution >= 0.6 is 0 Å². The Bertz CT molecular complexity index is 765. The van der Waals surface area contributed by atoms with Gasteiger partial charge in [0.25, 0.3) is 0 Å². The zero-order valence-electron chi connectivity index (χ0n) is 12.9. The fraction of sp³-hybridized carbons (Fsp3) is 0.571. The smallest absolute Gasteiger partial charge is 0.243 e. The lowest BCUT2D eigenvalue weighted by atomic mass is 10.2. The molecule has 1 heterocycles. The standard InChI is InChI=1S/C14H21N3O4S2/c1-15-22(18,19)13-4-6-14(7-5-13)23(20,21)17(11-2-3-11)12-8-9-16-10-12/h4-7,11-12,15-16H,2-3,8-10H2,1H3. The van der Waals surface area contributed by atoms with Crippen molar-refractivity contribution in [2.75, 3.05) is 20.1 Å². The molecule has 1 unspecified atom stereocenters. The van der Waals surface area contributed by atoms with Crippen molar-refractivity contribution in [2.45, 2.75) is 41.1 Å². The number of benzene rings is 1. The summed E-state index contributed by atoms with van der Waals surface area (Å²) in [5.41, 5.74) is 0. The van der Waals surface area contributed by atoms with E-state index in [4.69, 9.17) is 0 Å². The van der Waals surface area contributed by atoms with Crippen LogP contribution in [-0.2, 0) is 20.0 Å². The Kier molecular flexibility index (Phi) is 4.49. The molecule has 0 spiro atoms. The molecule has 1 atom stereocenters. The van der Waals surface area contributed by atoms with Crippen molar-refractivity contribution in [3.8, 4) is 0 Å². The zero-order chi connectivity index (χ0) is 16.7. The molecule has 3 rings (SSSR count). The van der Waals surface area contributed by atoms with Gasteiger partial charge in [0.05, 0.1) is 9.79 Å². The quantitative estimate of drug-likeness (QED) is 0.752. The van der Waals surface area contributed by atoms with Gasteiger partial charge in [0.1, 0.15) is 0 Å². The van der Waals surface area contributed by atoms with Gasteiger partial charge in [-0.2, -0.15) is 4.31 Å². The molecule has 1 saturated carbocycles. The van der Waals surface area contributed by atoms with Crippen molar-refractivity contribution < 1.29 is 16.8 Å². The summed E-state index contributed by atoms with van der Waals surface area (Å²) >= 11 is 0. The van der Waals surface area contributed by atoms with Gasteiger partial charge in [0, 0.05) is 18.6 Å². The Balaban J connectivity index is 1.92. The van der Waals surface area contributed by atoms with E-state index in [1.807, 2.05) is 0 Å². The molecular weight excluding hydrogens is 338 g/mol. The van der Waals surface area contributed by atoms with E-state index >= 15 is 0 Å². The molecule has 1 aliphatic heterocycles. The highest BCUT2D eigenvalue weighted by atomic mass is 32.2. The van der Waals surface area contributed by atoms with Gasteiger partial charge in [-0.15, -0.1) is 0 Å². The predicted molar refractivity (Wildman–Crippen MR) is 86.0 cm³/mol. The second-order valence-corrected chi connectivity index (χ2v) is 9.62. The first-order valence-electron chi connectivity index (χ1n) is 7.64. The molecule has 1 aromatic carbocycles. The molecule has 1 aliphatic carbocycles. The number of nitrogens with one attached hydrogen (secondary N) is 2. The third-order valence-electron chi connectivity index (χ3n) is 4.28. The number of nitrogens with zero attached hydrogens (tertiary/aromatic N) is 1. The SMILES string of the molecule is CNS(=O)(=O)c1ccc(S(=O)(=O)N(C2CC2)C2CCNC2)cc1. The van der Waals surface area contributed by atoms with Gasteiger partial charge in [-0.25, -0.2) is 21.6 Å². The van der Waals surface area contributed by atoms with E-state index in [1.165, 1.54) is 31.3 Å². The van der Waals surface area contributed by atoms with Crippen LogP contribution in [0.15, 0.2) is 34.1 Å². The molecule has 2 fully saturated rings. The van der Waals surface area contributed by atoms with Crippen LogP contribution in [0.4, 0.5) is 0 Å². The zero-order valence-corrected chi connectivity index (χ0v) is 14.5. The van der Waals surface area contributed by atoms with Crippen molar-refractivity contribution >= 4 is 20.0 Å². The molecular formula is C14H21N3O4S2. The van der Waals surface area contributed by atoms with Gasteiger partial charge in [-0.1, -0.05) is 0 Å². The van der Waals surface area contributed by atoms with Crippen LogP contribution in [0.3, 0.4) is 0 Å². The molecule has 0 bridgehead atoms. The first-order valence-corrected chi connectivity index (χ1v) is 10.6. The van der Waals surface area contributed by atoms with Gasteiger partial charge >= 0.3 is 0 Å². The largest absolute Gasteiger partial charge is 0.315 e. The third kappa shape index (κ3) is 3.29. The van der Waals surface area contributed by atoms with Crippen molar-refractivity contribution in [1.82, 2.24) is 14.3 Å². The maximum Gasteiger partial charge on any atom is 0.243 e. The molecule has 0 aromatic heterocycles. The first kappa shape index (κ1) is 16.8. The Morgan fingerprint density at radius 3 is 2.09 bits per heavy atom. The molecule has 2 N–H and O–H groups in total. The lowest BCUT2D eigenvalue weighted by molar-refractivity contribution is 0.327. The minimum absolute atomic E-state index is 0.0202. The van der Waals surface area contributed by atoms with E-state index in [0.717, 1.165) is 25.8 Å². The number of hydrogen-bond donors (Lipinski definition) is 2. The summed E-state index contributed by atoms with van der Waals surface area (Å²) in [5.74, 6) is 0. The maximum absolute atomic E-state index is 13.0. The summed E-state index contributed by atoms with van der Waals surface area (Å²) in [4.78, 5) is 0.200. The van der Waals surface area contributed by atoms with Crippen molar-refractivity contribution in [1.29, 1.82) is 0 Å². The van der Waals surface area contributed by atoms with Gasteiger partial charge in [0.15, 0.2) is 0 Å². The molecule has 7 nitrogen and oxygen atoms in total. The summed E-state index contributed by atoms with van der Waals surface area (Å²) in [6.07, 6.45) is 2.59. The molecule has 1 saturated heterocycles. The lowest BCUT2D eigenvalue weighted by Gasteiger charge is -2.27. The number of rotatable bonds is 6. The minimum atomic E-state index is -3.61. The van der Waals surface area contributed by atoms with Crippen LogP contribution < -0.4 is 10.0 Å². The fourth-order valence-corrected chi connectivity index (χ4v) is 5.54. The van der Waals surface area contributed by atoms with Crippen LogP contribution in [0.2, 0.25) is 0 Å². The summed E-state index contributed by atoms with van der Waals surface area (Å²) in [6, 6.07) is 5.46. The van der Waals surface area contributed by atoms with E-state index in [1.54, 1.807) is 4.31 Å². The van der Waals surface area contributed by atoms with Gasteiger partial charge < -0.3 is 5.32 Å². The number of sulfonamides is 2. The van der Waals surface area contributed by atoms with Crippen LogP contribution in [0, 0.1) is 0 Å². The molecule has 2 aliphatic rings. The molecule has 0 amide bonds. The van der Waals surface area contributed by atoms with Gasteiger partial charge in [-0.3, -0.25) is 0 Å². The Labute approximate surface area is 137 Å². The van der Waals surface area contributed by atoms with Gasteiger partial charge in [-0.05, 0) is 57.1 Å². The third-order valence-corrected chi connectivity index (χ3v) is 7.73. The van der Waals surface area contributed by atoms with E-state index in [-0.39, 0.29) is 21.9 Å². The first-order chi connectivity index (χ1) is 10.9. The van der Waals surface area contributed by atoms with Crippen molar-refractivity contribution in [2.24, 2.45) is 0 Å². The minimum Gasteiger partial charge on any atom is -0.315 e. The summed E-state index contributed by atoms with van der Waals surface area (Å²) < 4.78 is 53.3. The summed E-state index contributed by atoms with van der Waals surface area (Å²) in [6.45, 7) is 1.49. The molecule has 128 valence electrons. The van der Waals surface area contributed by atoms with Gasteiger partial charge in [0.2, 0.25) is 20.0 Å². The Hall–Kier alpha value is -1.00. The van der Waals surface area contributed by atoms with Crippen LogP contribution in [0.1, 0.15) is 19.3 Å². The average Bonchev–Trinajstić information content (AvgIpc) is 3.21. The van der Waals surface area contributed by atoms with Crippen LogP contribution in [0.5, 0.6) is 0 Å². The maximum atomic E-state index is 13.0. The molecule has 1 aromatic rings. The highest BCUT2D eigenvalue weighted by Crippen LogP contribution is 2.35. The van der Waals surface area contributed by atoms with Crippen molar-refractivity contribution in [3.63, 3.8) is 0 Å². The monoisotopic (exact) mass is 359 g/mol. The van der Waals surface area contributed by atoms with E-state index < -0.39 is 20.0 Å². The van der Waals surface area contributed by atoms with E-state index in [2.05, 4.69) is 10.0 Å². The molecule has 9 heteroatoms. The topological polar surface area (TPSA) is 95.6 Å². The average molecular weight is 359 g/mol. The normalized spacial score (nSPS) is 22.6. The predicted octanol–water partition coefficient (Wildman–Crippen LogP) is 0.110. The Morgan fingerprint density at radius 1 is 1.00 bits per heavy atom. The van der Waals surface area contributed by atoms with Crippen LogP contribution in [0.25, 0.3) is 0 Å². The highest BCUT2D eigenvalue weighted by molar-refractivity contribution is 7.89. The lowest BCUT2D eigenvalue weighted by Crippen LogP contribution is -2.43. The second-order valence-electron chi connectivity index (χ2n) is 5.89. The van der Waals surface area contributed by atoms with Crippen molar-refractivity contribution in [3.05, 3.63) is 24.3 Å². The van der Waals surface area contributed by atoms with Crippen LogP contribution in [-0.4, -0.2) is 53.4 Å². The number of hydrogen-bond acceptors (Lipinski definition) is 5. The Morgan fingerprint density at radius 2 is 1.61 bits per heavy atom.